The molecule has 4 aromatic rings. The Morgan fingerprint density at radius 3 is 2.77 bits per heavy atom. The van der Waals surface area contributed by atoms with Gasteiger partial charge < -0.3 is 15.5 Å². The molecule has 0 fully saturated rings. The van der Waals surface area contributed by atoms with Crippen LogP contribution in [0.15, 0.2) is 48.9 Å². The van der Waals surface area contributed by atoms with Crippen LogP contribution in [-0.4, -0.2) is 46.5 Å². The van der Waals surface area contributed by atoms with Gasteiger partial charge in [-0.2, -0.15) is 0 Å². The topological polar surface area (TPSA) is 57.5 Å². The van der Waals surface area contributed by atoms with Gasteiger partial charge in [-0.15, -0.1) is 0 Å². The van der Waals surface area contributed by atoms with E-state index in [2.05, 4.69) is 57.2 Å². The molecule has 0 radical (unpaired) electrons. The highest BCUT2D eigenvalue weighted by Crippen LogP contribution is 2.31. The van der Waals surface area contributed by atoms with E-state index in [0.717, 1.165) is 58.8 Å². The van der Waals surface area contributed by atoms with Gasteiger partial charge in [0.2, 0.25) is 0 Å². The summed E-state index contributed by atoms with van der Waals surface area (Å²) in [5.74, 6) is 0.735. The number of anilines is 3. The zero-order valence-corrected chi connectivity index (χ0v) is 18.4. The van der Waals surface area contributed by atoms with Gasteiger partial charge in [0.05, 0.1) is 34.3 Å². The van der Waals surface area contributed by atoms with E-state index in [1.54, 1.807) is 0 Å². The van der Waals surface area contributed by atoms with Crippen molar-refractivity contribution in [2.24, 2.45) is 0 Å². The van der Waals surface area contributed by atoms with E-state index in [4.69, 9.17) is 16.6 Å². The van der Waals surface area contributed by atoms with Crippen LogP contribution in [0.1, 0.15) is 18.4 Å². The molecule has 2 aromatic heterocycles. The Bertz CT molecular complexity index is 1150. The largest absolute Gasteiger partial charge is 0.385 e. The summed E-state index contributed by atoms with van der Waals surface area (Å²) in [4.78, 5) is 11.5. The van der Waals surface area contributed by atoms with Gasteiger partial charge >= 0.3 is 0 Å². The minimum absolute atomic E-state index is 0.669. The summed E-state index contributed by atoms with van der Waals surface area (Å²) >= 11 is 6.42. The molecule has 0 aliphatic rings. The van der Waals surface area contributed by atoms with Gasteiger partial charge in [-0.25, -0.2) is 9.97 Å². The Balaban J connectivity index is 1.63. The van der Waals surface area contributed by atoms with E-state index in [1.165, 1.54) is 6.42 Å². The number of halogens is 1. The van der Waals surface area contributed by atoms with Gasteiger partial charge in [0.1, 0.15) is 5.52 Å². The summed E-state index contributed by atoms with van der Waals surface area (Å²) in [6.07, 6.45) is 5.94. The number of nitrogens with one attached hydrogen (secondary N) is 2. The normalized spacial score (nSPS) is 11.5. The molecule has 2 heterocycles. The number of aromatic nitrogens is 3. The van der Waals surface area contributed by atoms with Crippen LogP contribution in [0.25, 0.3) is 16.6 Å². The molecule has 156 valence electrons. The van der Waals surface area contributed by atoms with Gasteiger partial charge in [-0.1, -0.05) is 23.7 Å². The fourth-order valence-corrected chi connectivity index (χ4v) is 3.82. The van der Waals surface area contributed by atoms with E-state index >= 15 is 0 Å². The number of benzene rings is 2. The Morgan fingerprint density at radius 2 is 1.97 bits per heavy atom. The van der Waals surface area contributed by atoms with Crippen LogP contribution in [0.2, 0.25) is 5.02 Å². The average molecular weight is 423 g/mol. The number of nitrogens with zero attached hydrogens (tertiary/aromatic N) is 4. The minimum atomic E-state index is 0.669. The van der Waals surface area contributed by atoms with Crippen molar-refractivity contribution in [1.82, 2.24) is 19.3 Å². The third kappa shape index (κ3) is 4.35. The zero-order chi connectivity index (χ0) is 21.1. The Kier molecular flexibility index (Phi) is 6.06. The first kappa shape index (κ1) is 20.4. The average Bonchev–Trinajstić information content (AvgIpc) is 3.20. The van der Waals surface area contributed by atoms with Crippen LogP contribution in [0.5, 0.6) is 0 Å². The van der Waals surface area contributed by atoms with Crippen LogP contribution < -0.4 is 10.6 Å². The Hall–Kier alpha value is -2.83. The molecule has 0 bridgehead atoms. The molecule has 2 aromatic carbocycles. The molecule has 7 heteroatoms. The number of aryl methyl sites for hydroxylation is 1. The van der Waals surface area contributed by atoms with E-state index in [0.29, 0.717) is 5.02 Å². The fourth-order valence-electron chi connectivity index (χ4n) is 3.55. The van der Waals surface area contributed by atoms with Gasteiger partial charge in [-0.05, 0) is 70.2 Å². The SMILES string of the molecule is Cc1cccc(Cl)c1Nc1nc2cc(NCCCCN(C)C)ccc2n2cncc12. The molecule has 0 aliphatic carbocycles. The van der Waals surface area contributed by atoms with E-state index < -0.39 is 0 Å². The van der Waals surface area contributed by atoms with Crippen molar-refractivity contribution >= 4 is 45.3 Å². The molecule has 6 nitrogen and oxygen atoms in total. The number of imidazole rings is 1. The lowest BCUT2D eigenvalue weighted by atomic mass is 10.2. The van der Waals surface area contributed by atoms with Crippen molar-refractivity contribution in [3.05, 3.63) is 59.5 Å². The standard InChI is InChI=1S/C23H27ClN6/c1-16-7-6-8-18(24)22(16)28-23-21-14-25-15-30(21)20-10-9-17(13-19(20)27-23)26-11-4-5-12-29(2)3/h6-10,13-15,26H,4-5,11-12H2,1-3H3,(H,27,28). The molecule has 0 atom stereocenters. The number of unbranched alkanes of at least 4 members (excludes halogenated alkanes) is 1. The predicted octanol–water partition coefficient (Wildman–Crippen LogP) is 5.34. The van der Waals surface area contributed by atoms with Crippen LogP contribution in [0, 0.1) is 6.92 Å². The van der Waals surface area contributed by atoms with Crippen LogP contribution in [-0.2, 0) is 0 Å². The molecule has 30 heavy (non-hydrogen) atoms. The Labute approximate surface area is 181 Å². The van der Waals surface area contributed by atoms with E-state index in [1.807, 2.05) is 37.6 Å². The predicted molar refractivity (Wildman–Crippen MR) is 126 cm³/mol. The maximum absolute atomic E-state index is 6.42. The monoisotopic (exact) mass is 422 g/mol. The summed E-state index contributed by atoms with van der Waals surface area (Å²) in [6.45, 7) is 4.08. The molecule has 0 saturated carbocycles. The molecular weight excluding hydrogens is 396 g/mol. The first-order chi connectivity index (χ1) is 14.5. The van der Waals surface area contributed by atoms with Gasteiger partial charge in [-0.3, -0.25) is 4.40 Å². The van der Waals surface area contributed by atoms with Crippen molar-refractivity contribution in [2.75, 3.05) is 37.8 Å². The van der Waals surface area contributed by atoms with Crippen molar-refractivity contribution in [1.29, 1.82) is 0 Å². The van der Waals surface area contributed by atoms with Crippen LogP contribution in [0.3, 0.4) is 0 Å². The summed E-state index contributed by atoms with van der Waals surface area (Å²) in [7, 11) is 4.21. The first-order valence-electron chi connectivity index (χ1n) is 10.2. The number of rotatable bonds is 8. The van der Waals surface area contributed by atoms with Crippen molar-refractivity contribution in [3.63, 3.8) is 0 Å². The van der Waals surface area contributed by atoms with E-state index in [-0.39, 0.29) is 0 Å². The second-order valence-corrected chi connectivity index (χ2v) is 8.21. The second-order valence-electron chi connectivity index (χ2n) is 7.81. The number of hydrogen-bond donors (Lipinski definition) is 2. The molecule has 0 aliphatic heterocycles. The summed E-state index contributed by atoms with van der Waals surface area (Å²) in [5, 5.41) is 7.61. The molecule has 0 amide bonds. The summed E-state index contributed by atoms with van der Waals surface area (Å²) < 4.78 is 2.05. The lowest BCUT2D eigenvalue weighted by molar-refractivity contribution is 0.396. The van der Waals surface area contributed by atoms with Crippen molar-refractivity contribution in [3.8, 4) is 0 Å². The molecular formula is C23H27ClN6. The maximum atomic E-state index is 6.42. The smallest absolute Gasteiger partial charge is 0.157 e. The number of hydrogen-bond acceptors (Lipinski definition) is 5. The minimum Gasteiger partial charge on any atom is -0.385 e. The molecule has 0 unspecified atom stereocenters. The zero-order valence-electron chi connectivity index (χ0n) is 17.6. The first-order valence-corrected chi connectivity index (χ1v) is 10.6. The molecule has 4 rings (SSSR count). The number of para-hydroxylation sites is 1. The lowest BCUT2D eigenvalue weighted by Gasteiger charge is -2.14. The van der Waals surface area contributed by atoms with E-state index in [9.17, 15) is 0 Å². The molecule has 0 saturated heterocycles. The highest BCUT2D eigenvalue weighted by atomic mass is 35.5. The third-order valence-electron chi connectivity index (χ3n) is 5.17. The van der Waals surface area contributed by atoms with Crippen LogP contribution in [0.4, 0.5) is 17.2 Å². The number of fused-ring (bicyclic) bond motifs is 3. The molecule has 0 spiro atoms. The lowest BCUT2D eigenvalue weighted by Crippen LogP contribution is -2.14. The third-order valence-corrected chi connectivity index (χ3v) is 5.49. The van der Waals surface area contributed by atoms with Crippen molar-refractivity contribution in [2.45, 2.75) is 19.8 Å². The fraction of sp³-hybridized carbons (Fsp3) is 0.304. The Morgan fingerprint density at radius 1 is 1.10 bits per heavy atom. The quantitative estimate of drug-likeness (QED) is 0.375. The van der Waals surface area contributed by atoms with Gasteiger partial charge in [0.25, 0.3) is 0 Å². The molecule has 2 N–H and O–H groups in total. The van der Waals surface area contributed by atoms with Crippen LogP contribution >= 0.6 is 11.6 Å². The van der Waals surface area contributed by atoms with Gasteiger partial charge in [0.15, 0.2) is 5.82 Å². The van der Waals surface area contributed by atoms with Crippen molar-refractivity contribution < 1.29 is 0 Å². The second kappa shape index (κ2) is 8.90. The summed E-state index contributed by atoms with van der Waals surface area (Å²) in [5.41, 5.74) is 5.82. The highest BCUT2D eigenvalue weighted by Gasteiger charge is 2.12. The van der Waals surface area contributed by atoms with Gasteiger partial charge in [0, 0.05) is 12.2 Å². The summed E-state index contributed by atoms with van der Waals surface area (Å²) in [6, 6.07) is 12.1. The maximum Gasteiger partial charge on any atom is 0.157 e. The highest BCUT2D eigenvalue weighted by molar-refractivity contribution is 6.33.